The molecule has 0 radical (unpaired) electrons. The number of halogens is 3. The van der Waals surface area contributed by atoms with Gasteiger partial charge >= 0.3 is 5.97 Å². The number of aromatic carboxylic acids is 1. The Morgan fingerprint density at radius 1 is 1.00 bits per heavy atom. The molecule has 0 saturated carbocycles. The third-order valence-electron chi connectivity index (χ3n) is 7.32. The number of fused-ring (bicyclic) bond motifs is 1. The van der Waals surface area contributed by atoms with Crippen molar-refractivity contribution in [2.24, 2.45) is 0 Å². The Morgan fingerprint density at radius 2 is 1.76 bits per heavy atom. The molecule has 1 atom stereocenters. The summed E-state index contributed by atoms with van der Waals surface area (Å²) in [5.74, 6) is -3.42. The second-order valence-electron chi connectivity index (χ2n) is 10.6. The van der Waals surface area contributed by atoms with Gasteiger partial charge in [-0.05, 0) is 66.9 Å². The minimum absolute atomic E-state index is 0.124. The van der Waals surface area contributed by atoms with E-state index in [0.717, 1.165) is 17.7 Å². The molecule has 5 rings (SSSR count). The van der Waals surface area contributed by atoms with Crippen LogP contribution < -0.4 is 16.0 Å². The number of para-hydroxylation sites is 1. The first kappa shape index (κ1) is 31.9. The van der Waals surface area contributed by atoms with Crippen LogP contribution >= 0.6 is 11.6 Å². The van der Waals surface area contributed by atoms with Crippen LogP contribution in [0.1, 0.15) is 61.8 Å². The largest absolute Gasteiger partial charge is 0.478 e. The number of benzene rings is 3. The molecule has 9 nitrogen and oxygen atoms in total. The van der Waals surface area contributed by atoms with E-state index in [0.29, 0.717) is 44.6 Å². The van der Waals surface area contributed by atoms with Gasteiger partial charge < -0.3 is 21.1 Å². The molecule has 1 amide bonds. The van der Waals surface area contributed by atoms with Crippen LogP contribution in [0.3, 0.4) is 0 Å². The number of carbonyl (C=O) groups excluding carboxylic acids is 1. The number of carbonyl (C=O) groups is 2. The van der Waals surface area contributed by atoms with Gasteiger partial charge in [-0.15, -0.1) is 0 Å². The molecule has 0 aliphatic rings. The second kappa shape index (κ2) is 13.2. The highest BCUT2D eigenvalue weighted by Crippen LogP contribution is 2.26. The molecule has 0 saturated heterocycles. The molecule has 3 aromatic carbocycles. The van der Waals surface area contributed by atoms with Crippen LogP contribution in [0.4, 0.5) is 14.5 Å². The SMILES string of the molecule is C=C(NCc1ccc(F)c(F)c1)c1cc(C(=C)N[C@@H](C)c2ccc(C(=O)O)c(C)c2)n2ncc(C(=O)Nc3ccccc3Cl)c2n1. The smallest absolute Gasteiger partial charge is 0.335 e. The van der Waals surface area contributed by atoms with Gasteiger partial charge in [-0.2, -0.15) is 5.10 Å². The summed E-state index contributed by atoms with van der Waals surface area (Å²) >= 11 is 6.25. The molecule has 2 heterocycles. The fourth-order valence-corrected chi connectivity index (χ4v) is 4.99. The first-order chi connectivity index (χ1) is 21.9. The molecular weight excluding hydrogens is 614 g/mol. The number of hydrogen-bond acceptors (Lipinski definition) is 6. The number of amides is 1. The van der Waals surface area contributed by atoms with Crippen molar-refractivity contribution in [3.63, 3.8) is 0 Å². The first-order valence-corrected chi connectivity index (χ1v) is 14.4. The summed E-state index contributed by atoms with van der Waals surface area (Å²) < 4.78 is 28.7. The van der Waals surface area contributed by atoms with Crippen LogP contribution in [0.25, 0.3) is 17.0 Å². The number of rotatable bonds is 11. The van der Waals surface area contributed by atoms with Crippen molar-refractivity contribution in [2.75, 3.05) is 5.32 Å². The highest BCUT2D eigenvalue weighted by molar-refractivity contribution is 6.34. The van der Waals surface area contributed by atoms with Crippen molar-refractivity contribution >= 4 is 46.2 Å². The quantitative estimate of drug-likeness (QED) is 0.122. The van der Waals surface area contributed by atoms with Crippen LogP contribution in [-0.2, 0) is 6.54 Å². The van der Waals surface area contributed by atoms with Gasteiger partial charge in [-0.25, -0.2) is 23.1 Å². The molecule has 234 valence electrons. The zero-order valence-electron chi connectivity index (χ0n) is 24.9. The van der Waals surface area contributed by atoms with Crippen LogP contribution in [0.15, 0.2) is 86.1 Å². The van der Waals surface area contributed by atoms with E-state index in [1.165, 1.54) is 16.8 Å². The average Bonchev–Trinajstić information content (AvgIpc) is 3.46. The molecule has 2 aromatic heterocycles. The fourth-order valence-electron chi connectivity index (χ4n) is 4.81. The number of aromatic nitrogens is 3. The number of hydrogen-bond donors (Lipinski definition) is 4. The minimum Gasteiger partial charge on any atom is -0.478 e. The standard InChI is InChI=1S/C34H29ClF2N6O3/c1-18-13-23(10-11-24(18)34(45)46)19(2)40-21(4)31-15-30(20(3)38-16-22-9-12-27(36)28(37)14-22)41-32-25(17-39-43(31)32)33(44)42-29-8-6-5-7-26(29)35/h5-15,17,19,38,40H,3-4,16H2,1-2H3,(H,42,44)(H,45,46)/t19-/m0/s1. The van der Waals surface area contributed by atoms with Crippen molar-refractivity contribution in [1.82, 2.24) is 25.2 Å². The number of carboxylic acid groups (broad SMARTS) is 1. The van der Waals surface area contributed by atoms with Gasteiger partial charge in [0.05, 0.1) is 45.3 Å². The maximum Gasteiger partial charge on any atom is 0.335 e. The number of carboxylic acids is 1. The Labute approximate surface area is 268 Å². The summed E-state index contributed by atoms with van der Waals surface area (Å²) in [7, 11) is 0. The van der Waals surface area contributed by atoms with E-state index in [1.54, 1.807) is 55.5 Å². The molecule has 4 N–H and O–H groups in total. The summed E-state index contributed by atoms with van der Waals surface area (Å²) in [6, 6.07) is 16.8. The lowest BCUT2D eigenvalue weighted by Gasteiger charge is -2.20. The molecule has 5 aromatic rings. The van der Waals surface area contributed by atoms with E-state index in [9.17, 15) is 23.5 Å². The fraction of sp³-hybridized carbons (Fsp3) is 0.118. The Balaban J connectivity index is 1.49. The van der Waals surface area contributed by atoms with Gasteiger partial charge in [0.25, 0.3) is 5.91 Å². The molecule has 0 bridgehead atoms. The van der Waals surface area contributed by atoms with Gasteiger partial charge in [0, 0.05) is 12.6 Å². The monoisotopic (exact) mass is 642 g/mol. The predicted octanol–water partition coefficient (Wildman–Crippen LogP) is 7.00. The van der Waals surface area contributed by atoms with Gasteiger partial charge in [0.2, 0.25) is 0 Å². The molecule has 0 unspecified atom stereocenters. The number of nitrogens with zero attached hydrogens (tertiary/aromatic N) is 3. The third-order valence-corrected chi connectivity index (χ3v) is 7.65. The Hall–Kier alpha value is -5.55. The molecule has 0 aliphatic carbocycles. The molecule has 0 fully saturated rings. The summed E-state index contributed by atoms with van der Waals surface area (Å²) in [5.41, 5.74) is 4.46. The van der Waals surface area contributed by atoms with Gasteiger partial charge in [-0.3, -0.25) is 4.79 Å². The summed E-state index contributed by atoms with van der Waals surface area (Å²) in [6.07, 6.45) is 1.38. The highest BCUT2D eigenvalue weighted by atomic mass is 35.5. The summed E-state index contributed by atoms with van der Waals surface area (Å²) in [6.45, 7) is 12.0. The first-order valence-electron chi connectivity index (χ1n) is 14.0. The maximum atomic E-state index is 13.8. The number of nitrogens with one attached hydrogen (secondary N) is 3. The van der Waals surface area contributed by atoms with E-state index >= 15 is 0 Å². The van der Waals surface area contributed by atoms with Crippen LogP contribution in [0.5, 0.6) is 0 Å². The zero-order chi connectivity index (χ0) is 33.1. The lowest BCUT2D eigenvalue weighted by molar-refractivity contribution is 0.0695. The number of aryl methyl sites for hydroxylation is 1. The summed E-state index contributed by atoms with van der Waals surface area (Å²) in [5, 5.41) is 23.4. The second-order valence-corrected chi connectivity index (χ2v) is 11.0. The molecular formula is C34H29ClF2N6O3. The Morgan fingerprint density at radius 3 is 2.46 bits per heavy atom. The van der Waals surface area contributed by atoms with E-state index in [2.05, 4.69) is 39.2 Å². The topological polar surface area (TPSA) is 121 Å². The highest BCUT2D eigenvalue weighted by Gasteiger charge is 2.21. The van der Waals surface area contributed by atoms with Crippen LogP contribution in [0.2, 0.25) is 5.02 Å². The summed E-state index contributed by atoms with van der Waals surface area (Å²) in [4.78, 5) is 29.5. The van der Waals surface area contributed by atoms with Gasteiger partial charge in [-0.1, -0.05) is 55.1 Å². The maximum absolute atomic E-state index is 13.8. The van der Waals surface area contributed by atoms with Crippen molar-refractivity contribution in [3.05, 3.63) is 142 Å². The van der Waals surface area contributed by atoms with Gasteiger partial charge in [0.15, 0.2) is 17.3 Å². The van der Waals surface area contributed by atoms with Crippen LogP contribution in [0, 0.1) is 18.6 Å². The van der Waals surface area contributed by atoms with Crippen molar-refractivity contribution in [2.45, 2.75) is 26.4 Å². The predicted molar refractivity (Wildman–Crippen MR) is 173 cm³/mol. The Bertz CT molecular complexity index is 2030. The van der Waals surface area contributed by atoms with Crippen molar-refractivity contribution < 1.29 is 23.5 Å². The zero-order valence-corrected chi connectivity index (χ0v) is 25.6. The Kier molecular flexibility index (Phi) is 9.15. The molecule has 46 heavy (non-hydrogen) atoms. The van der Waals surface area contributed by atoms with E-state index in [4.69, 9.17) is 11.6 Å². The van der Waals surface area contributed by atoms with Crippen LogP contribution in [-0.4, -0.2) is 31.6 Å². The molecule has 12 heteroatoms. The van der Waals surface area contributed by atoms with E-state index < -0.39 is 23.5 Å². The molecule has 0 aliphatic heterocycles. The normalized spacial score (nSPS) is 11.6. The lowest BCUT2D eigenvalue weighted by Crippen LogP contribution is -2.20. The van der Waals surface area contributed by atoms with Gasteiger partial charge in [0.1, 0.15) is 5.56 Å². The van der Waals surface area contributed by atoms with E-state index in [1.807, 2.05) is 6.92 Å². The lowest BCUT2D eigenvalue weighted by atomic mass is 10.0. The van der Waals surface area contributed by atoms with E-state index in [-0.39, 0.29) is 29.4 Å². The number of anilines is 1. The van der Waals surface area contributed by atoms with Crippen molar-refractivity contribution in [3.8, 4) is 0 Å². The third kappa shape index (κ3) is 6.74. The average molecular weight is 643 g/mol. The minimum atomic E-state index is -1.01. The molecule has 0 spiro atoms. The van der Waals surface area contributed by atoms with Crippen molar-refractivity contribution in [1.29, 1.82) is 0 Å².